The Morgan fingerprint density at radius 2 is 1.84 bits per heavy atom. The summed E-state index contributed by atoms with van der Waals surface area (Å²) in [5, 5.41) is 10.5. The quantitative estimate of drug-likeness (QED) is 0.327. The maximum atomic E-state index is 14.5. The molecule has 1 spiro atoms. The third-order valence-electron chi connectivity index (χ3n) is 9.10. The van der Waals surface area contributed by atoms with Crippen LogP contribution < -0.4 is 0 Å². The SMILES string of the molecule is C=CCN(CCC)C(=O)[C@@H]1[C@H]2C(=O)N([C@@H](CO)[C@@H](C)CC)C(C(=O)N(CC=C)C(C)CCC)C23CC[C@H]1O3. The minimum absolute atomic E-state index is 0.0286. The van der Waals surface area contributed by atoms with Crippen LogP contribution in [0.25, 0.3) is 0 Å². The third kappa shape index (κ3) is 5.06. The average molecular weight is 532 g/mol. The van der Waals surface area contributed by atoms with Gasteiger partial charge in [0.25, 0.3) is 0 Å². The molecule has 3 unspecified atom stereocenters. The number of aliphatic hydroxyl groups is 1. The second-order valence-electron chi connectivity index (χ2n) is 11.4. The van der Waals surface area contributed by atoms with E-state index >= 15 is 0 Å². The molecule has 8 atom stereocenters. The molecule has 0 saturated carbocycles. The van der Waals surface area contributed by atoms with Gasteiger partial charge in [0.15, 0.2) is 0 Å². The summed E-state index contributed by atoms with van der Waals surface area (Å²) in [7, 11) is 0. The van der Waals surface area contributed by atoms with Crippen LogP contribution in [0.5, 0.6) is 0 Å². The predicted octanol–water partition coefficient (Wildman–Crippen LogP) is 3.40. The fourth-order valence-corrected chi connectivity index (χ4v) is 7.11. The van der Waals surface area contributed by atoms with E-state index in [9.17, 15) is 19.5 Å². The van der Waals surface area contributed by atoms with Gasteiger partial charge in [-0.25, -0.2) is 0 Å². The van der Waals surface area contributed by atoms with E-state index in [1.807, 2.05) is 27.7 Å². The van der Waals surface area contributed by atoms with Crippen molar-refractivity contribution < 1.29 is 24.2 Å². The molecule has 1 N–H and O–H groups in total. The molecule has 0 aromatic carbocycles. The van der Waals surface area contributed by atoms with Gasteiger partial charge in [-0.05, 0) is 38.5 Å². The number of hydrogen-bond donors (Lipinski definition) is 1. The van der Waals surface area contributed by atoms with E-state index in [1.54, 1.807) is 26.9 Å². The van der Waals surface area contributed by atoms with Gasteiger partial charge < -0.3 is 24.5 Å². The predicted molar refractivity (Wildman–Crippen MR) is 148 cm³/mol. The molecule has 3 rings (SSSR count). The number of ether oxygens (including phenoxy) is 1. The highest BCUT2D eigenvalue weighted by Gasteiger charge is 2.75. The minimum atomic E-state index is -1.07. The van der Waals surface area contributed by atoms with E-state index in [0.29, 0.717) is 32.5 Å². The van der Waals surface area contributed by atoms with E-state index in [0.717, 1.165) is 25.7 Å². The fraction of sp³-hybridized carbons (Fsp3) is 0.767. The molecular weight excluding hydrogens is 482 g/mol. The summed E-state index contributed by atoms with van der Waals surface area (Å²) in [6.45, 7) is 18.9. The second-order valence-corrected chi connectivity index (χ2v) is 11.4. The van der Waals surface area contributed by atoms with Crippen molar-refractivity contribution in [3.8, 4) is 0 Å². The normalized spacial score (nSPS) is 30.1. The van der Waals surface area contributed by atoms with Gasteiger partial charge in [-0.15, -0.1) is 13.2 Å². The first-order valence-corrected chi connectivity index (χ1v) is 14.6. The molecule has 0 aliphatic carbocycles. The number of carbonyl (C=O) groups is 3. The molecule has 214 valence electrons. The third-order valence-corrected chi connectivity index (χ3v) is 9.10. The first kappa shape index (κ1) is 30.4. The first-order valence-electron chi connectivity index (χ1n) is 14.6. The minimum Gasteiger partial charge on any atom is -0.394 e. The summed E-state index contributed by atoms with van der Waals surface area (Å²) in [4.78, 5) is 48.0. The number of aliphatic hydroxyl groups excluding tert-OH is 1. The van der Waals surface area contributed by atoms with Crippen LogP contribution in [0.1, 0.15) is 73.1 Å². The van der Waals surface area contributed by atoms with Gasteiger partial charge in [0.2, 0.25) is 17.7 Å². The molecule has 3 aliphatic rings. The Morgan fingerprint density at radius 3 is 2.39 bits per heavy atom. The van der Waals surface area contributed by atoms with Gasteiger partial charge in [0.05, 0.1) is 30.6 Å². The van der Waals surface area contributed by atoms with E-state index in [1.165, 1.54) is 0 Å². The molecule has 3 heterocycles. The molecule has 38 heavy (non-hydrogen) atoms. The molecule has 2 bridgehead atoms. The van der Waals surface area contributed by atoms with Crippen molar-refractivity contribution in [2.75, 3.05) is 26.2 Å². The maximum Gasteiger partial charge on any atom is 0.248 e. The molecule has 3 saturated heterocycles. The lowest BCUT2D eigenvalue weighted by Gasteiger charge is -2.42. The number of amides is 3. The highest BCUT2D eigenvalue weighted by molar-refractivity contribution is 5.99. The number of rotatable bonds is 15. The van der Waals surface area contributed by atoms with Crippen molar-refractivity contribution in [2.24, 2.45) is 17.8 Å². The van der Waals surface area contributed by atoms with Gasteiger partial charge in [-0.1, -0.05) is 52.7 Å². The van der Waals surface area contributed by atoms with Crippen LogP contribution in [0, 0.1) is 17.8 Å². The summed E-state index contributed by atoms with van der Waals surface area (Å²) in [6, 6.07) is -1.46. The van der Waals surface area contributed by atoms with E-state index in [-0.39, 0.29) is 36.3 Å². The Kier molecular flexibility index (Phi) is 10.2. The average Bonchev–Trinajstić information content (AvgIpc) is 3.54. The highest BCUT2D eigenvalue weighted by Crippen LogP contribution is 2.59. The molecular formula is C30H49N3O5. The number of carbonyl (C=O) groups excluding carboxylic acids is 3. The number of nitrogens with zero attached hydrogens (tertiary/aromatic N) is 3. The fourth-order valence-electron chi connectivity index (χ4n) is 7.11. The number of likely N-dealkylation sites (tertiary alicyclic amines) is 1. The zero-order valence-corrected chi connectivity index (χ0v) is 24.1. The monoisotopic (exact) mass is 531 g/mol. The van der Waals surface area contributed by atoms with Gasteiger partial charge >= 0.3 is 0 Å². The van der Waals surface area contributed by atoms with Crippen molar-refractivity contribution in [3.63, 3.8) is 0 Å². The smallest absolute Gasteiger partial charge is 0.248 e. The zero-order chi connectivity index (χ0) is 28.2. The standard InChI is InChI=1S/C30H49N3O5/c1-8-13-21(7)32(18-11-4)29(37)26-30-15-14-23(38-30)24(27(35)31(16-9-2)17-10-3)25(30)28(36)33(26)22(19-34)20(6)12-5/h9,11,20-26,34H,2,4,8,10,12-19H2,1,3,5-7H3/t20-,21?,22-,23+,24-,25-,26?,30?/m0/s1. The lowest BCUT2D eigenvalue weighted by Crippen LogP contribution is -2.60. The van der Waals surface area contributed by atoms with Crippen molar-refractivity contribution in [3.05, 3.63) is 25.3 Å². The molecule has 0 radical (unpaired) electrons. The molecule has 8 nitrogen and oxygen atoms in total. The zero-order valence-electron chi connectivity index (χ0n) is 24.1. The van der Waals surface area contributed by atoms with Gasteiger partial charge in [-0.3, -0.25) is 14.4 Å². The van der Waals surface area contributed by atoms with Crippen LogP contribution >= 0.6 is 0 Å². The first-order chi connectivity index (χ1) is 18.2. The van der Waals surface area contributed by atoms with E-state index in [4.69, 9.17) is 4.74 Å². The van der Waals surface area contributed by atoms with Crippen LogP contribution in [0.3, 0.4) is 0 Å². The van der Waals surface area contributed by atoms with Crippen molar-refractivity contribution in [2.45, 2.75) is 103 Å². The molecule has 3 aliphatic heterocycles. The van der Waals surface area contributed by atoms with Crippen LogP contribution in [-0.2, 0) is 19.1 Å². The summed E-state index contributed by atoms with van der Waals surface area (Å²) >= 11 is 0. The van der Waals surface area contributed by atoms with Crippen molar-refractivity contribution in [1.82, 2.24) is 14.7 Å². The van der Waals surface area contributed by atoms with Gasteiger partial charge in [-0.2, -0.15) is 0 Å². The van der Waals surface area contributed by atoms with Crippen LogP contribution in [0.2, 0.25) is 0 Å². The molecule has 0 aromatic heterocycles. The Balaban J connectivity index is 2.12. The van der Waals surface area contributed by atoms with Crippen LogP contribution in [0.4, 0.5) is 0 Å². The maximum absolute atomic E-state index is 14.5. The summed E-state index contributed by atoms with van der Waals surface area (Å²) in [6.07, 6.45) is 7.48. The Bertz CT molecular complexity index is 893. The Labute approximate surface area is 229 Å². The Morgan fingerprint density at radius 1 is 1.16 bits per heavy atom. The topological polar surface area (TPSA) is 90.4 Å². The number of fused-ring (bicyclic) bond motifs is 1. The van der Waals surface area contributed by atoms with Gasteiger partial charge in [0.1, 0.15) is 11.6 Å². The van der Waals surface area contributed by atoms with Crippen LogP contribution in [0.15, 0.2) is 25.3 Å². The number of hydrogen-bond acceptors (Lipinski definition) is 5. The van der Waals surface area contributed by atoms with Gasteiger partial charge in [0, 0.05) is 25.7 Å². The lowest BCUT2D eigenvalue weighted by molar-refractivity contribution is -0.154. The molecule has 3 amide bonds. The highest BCUT2D eigenvalue weighted by atomic mass is 16.5. The van der Waals surface area contributed by atoms with E-state index < -0.39 is 35.6 Å². The molecule has 3 fully saturated rings. The molecule has 0 aromatic rings. The largest absolute Gasteiger partial charge is 0.394 e. The lowest BCUT2D eigenvalue weighted by atomic mass is 9.70. The summed E-state index contributed by atoms with van der Waals surface area (Å²) in [5.74, 6) is -1.92. The van der Waals surface area contributed by atoms with Crippen molar-refractivity contribution >= 4 is 17.7 Å². The van der Waals surface area contributed by atoms with Crippen molar-refractivity contribution in [1.29, 1.82) is 0 Å². The summed E-state index contributed by atoms with van der Waals surface area (Å²) in [5.41, 5.74) is -1.07. The Hall–Kier alpha value is -2.19. The summed E-state index contributed by atoms with van der Waals surface area (Å²) < 4.78 is 6.64. The molecule has 8 heteroatoms. The second kappa shape index (κ2) is 12.8. The van der Waals surface area contributed by atoms with E-state index in [2.05, 4.69) is 20.1 Å². The van der Waals surface area contributed by atoms with Crippen LogP contribution in [-0.4, -0.2) is 93.6 Å².